The number of aromatic nitrogens is 4. The van der Waals surface area contributed by atoms with Crippen molar-refractivity contribution in [2.45, 2.75) is 0 Å². The van der Waals surface area contributed by atoms with Gasteiger partial charge in [-0.2, -0.15) is 0 Å². The molecule has 1 N–H and O–H groups in total. The number of hydrogen-bond donors (Lipinski definition) is 1. The van der Waals surface area contributed by atoms with Crippen LogP contribution in [0.15, 0.2) is 42.9 Å². The Bertz CT molecular complexity index is 769. The number of nitrogens with one attached hydrogen (secondary N) is 1. The molecule has 0 aromatic carbocycles. The summed E-state index contributed by atoms with van der Waals surface area (Å²) in [5, 5.41) is 7.13. The van der Waals surface area contributed by atoms with Gasteiger partial charge >= 0.3 is 0 Å². The molecule has 21 heavy (non-hydrogen) atoms. The minimum absolute atomic E-state index is 0.00927. The Kier molecular flexibility index (Phi) is 3.57. The van der Waals surface area contributed by atoms with Crippen LogP contribution in [0.3, 0.4) is 0 Å². The summed E-state index contributed by atoms with van der Waals surface area (Å²) in [7, 11) is 1.47. The molecule has 1 amide bonds. The van der Waals surface area contributed by atoms with Gasteiger partial charge in [-0.15, -0.1) is 5.10 Å². The van der Waals surface area contributed by atoms with Crippen LogP contribution in [0, 0.1) is 0 Å². The predicted molar refractivity (Wildman–Crippen MR) is 76.7 cm³/mol. The van der Waals surface area contributed by atoms with Gasteiger partial charge in [-0.05, 0) is 24.3 Å². The van der Waals surface area contributed by atoms with Crippen molar-refractivity contribution in [3.8, 4) is 11.4 Å². The fraction of sp³-hybridized carbons (Fsp3) is 0.143. The van der Waals surface area contributed by atoms with E-state index in [1.165, 1.54) is 7.11 Å². The Labute approximate surface area is 120 Å². The normalized spacial score (nSPS) is 10.7. The number of rotatable bonds is 4. The fourth-order valence-corrected chi connectivity index (χ4v) is 1.94. The van der Waals surface area contributed by atoms with Gasteiger partial charge in [-0.3, -0.25) is 9.78 Å². The fourth-order valence-electron chi connectivity index (χ4n) is 1.94. The lowest BCUT2D eigenvalue weighted by Crippen LogP contribution is -2.17. The van der Waals surface area contributed by atoms with E-state index < -0.39 is 0 Å². The Morgan fingerprint density at radius 2 is 2.29 bits per heavy atom. The van der Waals surface area contributed by atoms with Crippen molar-refractivity contribution in [3.63, 3.8) is 0 Å². The van der Waals surface area contributed by atoms with Gasteiger partial charge in [-0.25, -0.2) is 9.50 Å². The number of carbonyl (C=O) groups is 1. The van der Waals surface area contributed by atoms with E-state index in [1.54, 1.807) is 35.2 Å². The molecular formula is C14H13N5O2. The van der Waals surface area contributed by atoms with Gasteiger partial charge in [0.1, 0.15) is 6.61 Å². The van der Waals surface area contributed by atoms with E-state index in [-0.39, 0.29) is 12.5 Å². The average molecular weight is 283 g/mol. The Morgan fingerprint density at radius 3 is 3.05 bits per heavy atom. The first kappa shape index (κ1) is 13.2. The quantitative estimate of drug-likeness (QED) is 0.782. The summed E-state index contributed by atoms with van der Waals surface area (Å²) in [6, 6.07) is 7.26. The molecule has 0 radical (unpaired) electrons. The van der Waals surface area contributed by atoms with Gasteiger partial charge in [0, 0.05) is 31.3 Å². The van der Waals surface area contributed by atoms with Crippen molar-refractivity contribution in [2.24, 2.45) is 0 Å². The SMILES string of the molecule is COCC(=O)Nc1cccn2nc(-c3cccnc3)nc12. The lowest BCUT2D eigenvalue weighted by Gasteiger charge is -2.04. The third kappa shape index (κ3) is 2.72. The average Bonchev–Trinajstić information content (AvgIpc) is 2.94. The van der Waals surface area contributed by atoms with Crippen molar-refractivity contribution in [1.29, 1.82) is 0 Å². The zero-order valence-electron chi connectivity index (χ0n) is 11.4. The smallest absolute Gasteiger partial charge is 0.250 e. The maximum atomic E-state index is 11.6. The number of anilines is 1. The maximum Gasteiger partial charge on any atom is 0.250 e. The summed E-state index contributed by atoms with van der Waals surface area (Å²) in [6.07, 6.45) is 5.15. The summed E-state index contributed by atoms with van der Waals surface area (Å²) in [5.74, 6) is 0.313. The van der Waals surface area contributed by atoms with Gasteiger partial charge in [0.2, 0.25) is 5.91 Å². The van der Waals surface area contributed by atoms with Crippen LogP contribution in [0.4, 0.5) is 5.69 Å². The van der Waals surface area contributed by atoms with Crippen molar-refractivity contribution in [1.82, 2.24) is 19.6 Å². The second-order valence-electron chi connectivity index (χ2n) is 4.35. The second kappa shape index (κ2) is 5.68. The predicted octanol–water partition coefficient (Wildman–Crippen LogP) is 1.38. The van der Waals surface area contributed by atoms with Crippen LogP contribution in [0.2, 0.25) is 0 Å². The van der Waals surface area contributed by atoms with E-state index >= 15 is 0 Å². The van der Waals surface area contributed by atoms with Crippen LogP contribution in [0.5, 0.6) is 0 Å². The first-order valence-corrected chi connectivity index (χ1v) is 6.32. The molecule has 0 fully saturated rings. The van der Waals surface area contributed by atoms with Crippen molar-refractivity contribution in [2.75, 3.05) is 19.0 Å². The minimum atomic E-state index is -0.239. The second-order valence-corrected chi connectivity index (χ2v) is 4.35. The lowest BCUT2D eigenvalue weighted by molar-refractivity contribution is -0.119. The highest BCUT2D eigenvalue weighted by atomic mass is 16.5. The number of ether oxygens (including phenoxy) is 1. The summed E-state index contributed by atoms with van der Waals surface area (Å²) in [4.78, 5) is 20.1. The number of pyridine rings is 2. The summed E-state index contributed by atoms with van der Waals surface area (Å²) < 4.78 is 6.42. The molecule has 7 nitrogen and oxygen atoms in total. The lowest BCUT2D eigenvalue weighted by atomic mass is 10.3. The molecule has 0 aliphatic carbocycles. The van der Waals surface area contributed by atoms with Crippen LogP contribution < -0.4 is 5.32 Å². The molecule has 7 heteroatoms. The monoisotopic (exact) mass is 283 g/mol. The number of nitrogens with zero attached hydrogens (tertiary/aromatic N) is 4. The molecule has 0 spiro atoms. The van der Waals surface area contributed by atoms with Crippen LogP contribution in [0.1, 0.15) is 0 Å². The standard InChI is InChI=1S/C14H13N5O2/c1-21-9-12(20)16-11-5-3-7-19-14(11)17-13(18-19)10-4-2-6-15-8-10/h2-8H,9H2,1H3,(H,16,20). The van der Waals surface area contributed by atoms with Gasteiger partial charge < -0.3 is 10.1 Å². The molecule has 0 atom stereocenters. The molecule has 106 valence electrons. The number of hydrogen-bond acceptors (Lipinski definition) is 5. The number of fused-ring (bicyclic) bond motifs is 1. The van der Waals surface area contributed by atoms with E-state index in [0.717, 1.165) is 5.56 Å². The Morgan fingerprint density at radius 1 is 1.38 bits per heavy atom. The van der Waals surface area contributed by atoms with Crippen molar-refractivity contribution >= 4 is 17.2 Å². The number of carbonyl (C=O) groups excluding carboxylic acids is 1. The van der Waals surface area contributed by atoms with Crippen LogP contribution in [0.25, 0.3) is 17.0 Å². The molecule has 0 bridgehead atoms. The first-order chi connectivity index (χ1) is 10.3. The van der Waals surface area contributed by atoms with Crippen molar-refractivity contribution in [3.05, 3.63) is 42.9 Å². The molecule has 3 heterocycles. The van der Waals surface area contributed by atoms with Gasteiger partial charge in [0.05, 0.1) is 5.69 Å². The summed E-state index contributed by atoms with van der Waals surface area (Å²) in [5.41, 5.74) is 1.97. The number of methoxy groups -OCH3 is 1. The highest BCUT2D eigenvalue weighted by Crippen LogP contribution is 2.19. The van der Waals surface area contributed by atoms with Gasteiger partial charge in [0.15, 0.2) is 11.5 Å². The van der Waals surface area contributed by atoms with Crippen molar-refractivity contribution < 1.29 is 9.53 Å². The van der Waals surface area contributed by atoms with E-state index in [1.807, 2.05) is 12.1 Å². The first-order valence-electron chi connectivity index (χ1n) is 6.32. The summed E-state index contributed by atoms with van der Waals surface area (Å²) >= 11 is 0. The zero-order valence-corrected chi connectivity index (χ0v) is 11.4. The van der Waals surface area contributed by atoms with Gasteiger partial charge in [-0.1, -0.05) is 0 Å². The van der Waals surface area contributed by atoms with E-state index in [2.05, 4.69) is 20.4 Å². The Hall–Kier alpha value is -2.80. The van der Waals surface area contributed by atoms with E-state index in [4.69, 9.17) is 4.74 Å². The molecule has 3 rings (SSSR count). The molecule has 3 aromatic rings. The van der Waals surface area contributed by atoms with Crippen LogP contribution >= 0.6 is 0 Å². The maximum absolute atomic E-state index is 11.6. The summed E-state index contributed by atoms with van der Waals surface area (Å²) in [6.45, 7) is -0.00927. The Balaban J connectivity index is 2.00. The third-order valence-corrected chi connectivity index (χ3v) is 2.83. The zero-order chi connectivity index (χ0) is 14.7. The minimum Gasteiger partial charge on any atom is -0.375 e. The highest BCUT2D eigenvalue weighted by molar-refractivity contribution is 5.95. The molecule has 3 aromatic heterocycles. The van der Waals surface area contributed by atoms with E-state index in [0.29, 0.717) is 17.2 Å². The molecule has 0 saturated heterocycles. The molecule has 0 saturated carbocycles. The van der Waals surface area contributed by atoms with Crippen LogP contribution in [-0.4, -0.2) is 39.2 Å². The molecule has 0 aliphatic rings. The largest absolute Gasteiger partial charge is 0.375 e. The molecular weight excluding hydrogens is 270 g/mol. The third-order valence-electron chi connectivity index (χ3n) is 2.83. The van der Waals surface area contributed by atoms with E-state index in [9.17, 15) is 4.79 Å². The topological polar surface area (TPSA) is 81.4 Å². The molecule has 0 aliphatic heterocycles. The van der Waals surface area contributed by atoms with Crippen LogP contribution in [-0.2, 0) is 9.53 Å². The highest BCUT2D eigenvalue weighted by Gasteiger charge is 2.11. The number of amides is 1. The molecule has 0 unspecified atom stereocenters. The van der Waals surface area contributed by atoms with Gasteiger partial charge in [0.25, 0.3) is 0 Å².